The number of carbonyl (C=O) groups is 1. The summed E-state index contributed by atoms with van der Waals surface area (Å²) in [4.78, 5) is 20.8. The van der Waals surface area contributed by atoms with Gasteiger partial charge in [0.05, 0.1) is 5.56 Å². The van der Waals surface area contributed by atoms with Crippen LogP contribution in [0.1, 0.15) is 32.8 Å². The van der Waals surface area contributed by atoms with E-state index in [4.69, 9.17) is 4.74 Å². The van der Waals surface area contributed by atoms with Crippen molar-refractivity contribution < 1.29 is 22.7 Å². The Bertz CT molecular complexity index is 555. The molecule has 1 amide bonds. The Morgan fingerprint density at radius 1 is 1.30 bits per heavy atom. The third kappa shape index (κ3) is 4.97. The van der Waals surface area contributed by atoms with Crippen LogP contribution in [0.25, 0.3) is 0 Å². The zero-order valence-corrected chi connectivity index (χ0v) is 13.1. The van der Waals surface area contributed by atoms with Crippen LogP contribution in [-0.2, 0) is 10.9 Å². The standard InChI is InChI=1S/C14H19F3N4O2/c1-13(2,3)23-12(22)21-5-4-10(8-21)20-11-18-6-9(7-19-11)14(15,16)17/h6-7,10H,4-5,8H2,1-3H3,(H,18,19,20)/t10-/m0/s1. The summed E-state index contributed by atoms with van der Waals surface area (Å²) in [5, 5.41) is 2.93. The number of hydrogen-bond donors (Lipinski definition) is 1. The predicted molar refractivity (Wildman–Crippen MR) is 76.9 cm³/mol. The first-order chi connectivity index (χ1) is 10.5. The van der Waals surface area contributed by atoms with Crippen molar-refractivity contribution in [1.29, 1.82) is 0 Å². The topological polar surface area (TPSA) is 67.3 Å². The number of hydrogen-bond acceptors (Lipinski definition) is 5. The summed E-state index contributed by atoms with van der Waals surface area (Å²) in [6.07, 6.45) is -2.76. The van der Waals surface area contributed by atoms with E-state index < -0.39 is 23.4 Å². The second-order valence-corrected chi connectivity index (χ2v) is 6.35. The van der Waals surface area contributed by atoms with Crippen LogP contribution in [0.5, 0.6) is 0 Å². The fourth-order valence-electron chi connectivity index (χ4n) is 2.10. The van der Waals surface area contributed by atoms with Crippen molar-refractivity contribution in [3.8, 4) is 0 Å². The molecule has 1 aliphatic rings. The lowest BCUT2D eigenvalue weighted by atomic mass is 10.2. The highest BCUT2D eigenvalue weighted by Crippen LogP contribution is 2.28. The molecule has 6 nitrogen and oxygen atoms in total. The van der Waals surface area contributed by atoms with Crippen LogP contribution in [0.3, 0.4) is 0 Å². The zero-order valence-electron chi connectivity index (χ0n) is 13.1. The molecule has 23 heavy (non-hydrogen) atoms. The van der Waals surface area contributed by atoms with Crippen LogP contribution in [0, 0.1) is 0 Å². The van der Waals surface area contributed by atoms with Gasteiger partial charge in [-0.1, -0.05) is 0 Å². The van der Waals surface area contributed by atoms with Gasteiger partial charge in [0.1, 0.15) is 5.60 Å². The molecule has 2 heterocycles. The third-order valence-electron chi connectivity index (χ3n) is 3.15. The molecule has 0 saturated carbocycles. The molecule has 1 saturated heterocycles. The Labute approximate surface area is 132 Å². The number of amides is 1. The van der Waals surface area contributed by atoms with Gasteiger partial charge in [0.2, 0.25) is 5.95 Å². The summed E-state index contributed by atoms with van der Waals surface area (Å²) >= 11 is 0. The van der Waals surface area contributed by atoms with Gasteiger partial charge in [-0.2, -0.15) is 13.2 Å². The van der Waals surface area contributed by atoms with E-state index in [-0.39, 0.29) is 12.0 Å². The lowest BCUT2D eigenvalue weighted by Crippen LogP contribution is -2.36. The van der Waals surface area contributed by atoms with Gasteiger partial charge in [0.25, 0.3) is 0 Å². The average Bonchev–Trinajstić information content (AvgIpc) is 2.85. The van der Waals surface area contributed by atoms with Crippen LogP contribution in [-0.4, -0.2) is 45.7 Å². The van der Waals surface area contributed by atoms with E-state index in [0.717, 1.165) is 12.4 Å². The van der Waals surface area contributed by atoms with E-state index in [1.165, 1.54) is 0 Å². The lowest BCUT2D eigenvalue weighted by molar-refractivity contribution is -0.138. The molecule has 0 radical (unpaired) electrons. The molecule has 128 valence electrons. The first kappa shape index (κ1) is 17.3. The lowest BCUT2D eigenvalue weighted by Gasteiger charge is -2.24. The quantitative estimate of drug-likeness (QED) is 0.902. The van der Waals surface area contributed by atoms with Crippen molar-refractivity contribution >= 4 is 12.0 Å². The Balaban J connectivity index is 1.89. The molecule has 2 rings (SSSR count). The van der Waals surface area contributed by atoms with Crippen molar-refractivity contribution in [3.05, 3.63) is 18.0 Å². The molecule has 0 aromatic carbocycles. The van der Waals surface area contributed by atoms with E-state index in [2.05, 4.69) is 15.3 Å². The number of rotatable bonds is 2. The number of nitrogens with zero attached hydrogens (tertiary/aromatic N) is 3. The minimum atomic E-state index is -4.46. The highest BCUT2D eigenvalue weighted by atomic mass is 19.4. The van der Waals surface area contributed by atoms with E-state index in [0.29, 0.717) is 19.5 Å². The van der Waals surface area contributed by atoms with Crippen molar-refractivity contribution in [2.75, 3.05) is 18.4 Å². The molecule has 0 spiro atoms. The van der Waals surface area contributed by atoms with E-state index in [1.54, 1.807) is 25.7 Å². The molecule has 1 aromatic heterocycles. The summed E-state index contributed by atoms with van der Waals surface area (Å²) in [6, 6.07) is -0.126. The second kappa shape index (κ2) is 6.21. The molecule has 1 aromatic rings. The van der Waals surface area contributed by atoms with Crippen LogP contribution in [0.15, 0.2) is 12.4 Å². The highest BCUT2D eigenvalue weighted by molar-refractivity contribution is 5.68. The van der Waals surface area contributed by atoms with Crippen LogP contribution >= 0.6 is 0 Å². The molecule has 1 aliphatic heterocycles. The largest absolute Gasteiger partial charge is 0.444 e. The molecule has 9 heteroatoms. The minimum Gasteiger partial charge on any atom is -0.444 e. The maximum atomic E-state index is 12.4. The molecule has 1 atom stereocenters. The monoisotopic (exact) mass is 332 g/mol. The normalized spacial score (nSPS) is 18.9. The molecule has 0 aliphatic carbocycles. The van der Waals surface area contributed by atoms with Crippen LogP contribution in [0.2, 0.25) is 0 Å². The number of aromatic nitrogens is 2. The summed E-state index contributed by atoms with van der Waals surface area (Å²) in [7, 11) is 0. The average molecular weight is 332 g/mol. The number of alkyl halides is 3. The number of halogens is 3. The number of anilines is 1. The number of ether oxygens (including phenoxy) is 1. The van der Waals surface area contributed by atoms with Gasteiger partial charge >= 0.3 is 12.3 Å². The first-order valence-corrected chi connectivity index (χ1v) is 7.18. The van der Waals surface area contributed by atoms with Crippen molar-refractivity contribution in [3.63, 3.8) is 0 Å². The molecular formula is C14H19F3N4O2. The molecule has 1 fully saturated rings. The van der Waals surface area contributed by atoms with Crippen molar-refractivity contribution in [1.82, 2.24) is 14.9 Å². The maximum Gasteiger partial charge on any atom is 0.419 e. The summed E-state index contributed by atoms with van der Waals surface area (Å²) < 4.78 is 42.6. The minimum absolute atomic E-state index is 0.106. The Kier molecular flexibility index (Phi) is 4.67. The Hall–Kier alpha value is -2.06. The van der Waals surface area contributed by atoms with E-state index >= 15 is 0 Å². The SMILES string of the molecule is CC(C)(C)OC(=O)N1CC[C@H](Nc2ncc(C(F)(F)F)cn2)C1. The first-order valence-electron chi connectivity index (χ1n) is 7.18. The van der Waals surface area contributed by atoms with Gasteiger partial charge in [-0.25, -0.2) is 14.8 Å². The van der Waals surface area contributed by atoms with Gasteiger partial charge < -0.3 is 15.0 Å². The fourth-order valence-corrected chi connectivity index (χ4v) is 2.10. The fraction of sp³-hybridized carbons (Fsp3) is 0.643. The van der Waals surface area contributed by atoms with Gasteiger partial charge in [0, 0.05) is 31.5 Å². The zero-order chi connectivity index (χ0) is 17.3. The van der Waals surface area contributed by atoms with Gasteiger partial charge in [-0.05, 0) is 27.2 Å². The van der Waals surface area contributed by atoms with Crippen LogP contribution < -0.4 is 5.32 Å². The van der Waals surface area contributed by atoms with Crippen LogP contribution in [0.4, 0.5) is 23.9 Å². The van der Waals surface area contributed by atoms with Gasteiger partial charge in [0.15, 0.2) is 0 Å². The maximum absolute atomic E-state index is 12.4. The summed E-state index contributed by atoms with van der Waals surface area (Å²) in [6.45, 7) is 6.25. The van der Waals surface area contributed by atoms with Crippen molar-refractivity contribution in [2.24, 2.45) is 0 Å². The summed E-state index contributed by atoms with van der Waals surface area (Å²) in [5.41, 5.74) is -1.47. The highest BCUT2D eigenvalue weighted by Gasteiger charge is 2.32. The van der Waals surface area contributed by atoms with E-state index in [9.17, 15) is 18.0 Å². The number of likely N-dealkylation sites (tertiary alicyclic amines) is 1. The molecule has 0 unspecified atom stereocenters. The molecule has 1 N–H and O–H groups in total. The van der Waals surface area contributed by atoms with Gasteiger partial charge in [-0.15, -0.1) is 0 Å². The summed E-state index contributed by atoms with van der Waals surface area (Å²) in [5.74, 6) is 0.106. The molecule has 0 bridgehead atoms. The van der Waals surface area contributed by atoms with Crippen molar-refractivity contribution in [2.45, 2.75) is 45.0 Å². The molecular weight excluding hydrogens is 313 g/mol. The Morgan fingerprint density at radius 2 is 1.91 bits per heavy atom. The predicted octanol–water partition coefficient (Wildman–Crippen LogP) is 2.92. The Morgan fingerprint density at radius 3 is 2.43 bits per heavy atom. The second-order valence-electron chi connectivity index (χ2n) is 6.35. The number of nitrogens with one attached hydrogen (secondary N) is 1. The van der Waals surface area contributed by atoms with E-state index in [1.807, 2.05) is 0 Å². The third-order valence-corrected chi connectivity index (χ3v) is 3.15. The van der Waals surface area contributed by atoms with Gasteiger partial charge in [-0.3, -0.25) is 0 Å². The smallest absolute Gasteiger partial charge is 0.419 e. The number of carbonyl (C=O) groups excluding carboxylic acids is 1.